The zero-order valence-electron chi connectivity index (χ0n) is 6.63. The van der Waals surface area contributed by atoms with E-state index in [1.165, 1.54) is 0 Å². The lowest BCUT2D eigenvalue weighted by Crippen LogP contribution is -2.33. The van der Waals surface area contributed by atoms with Gasteiger partial charge in [0.25, 0.3) is 0 Å². The van der Waals surface area contributed by atoms with Gasteiger partial charge in [-0.3, -0.25) is 0 Å². The molecule has 4 unspecified atom stereocenters. The topological polar surface area (TPSA) is 90.2 Å². The number of ether oxygens (including phenoxy) is 1. The Morgan fingerprint density at radius 1 is 1.42 bits per heavy atom. The van der Waals surface area contributed by atoms with E-state index in [4.69, 9.17) is 20.1 Å². The Balaban J connectivity index is 2.33. The summed E-state index contributed by atoms with van der Waals surface area (Å²) in [6.07, 6.45) is -3.14. The lowest BCUT2D eigenvalue weighted by atomic mass is 10.1. The summed E-state index contributed by atoms with van der Waals surface area (Å²) < 4.78 is 4.98. The van der Waals surface area contributed by atoms with Crippen LogP contribution >= 0.6 is 0 Å². The average molecular weight is 178 g/mol. The maximum atomic E-state index is 9.23. The van der Waals surface area contributed by atoms with E-state index in [0.717, 1.165) is 0 Å². The highest BCUT2D eigenvalue weighted by Crippen LogP contribution is 2.18. The van der Waals surface area contributed by atoms with Gasteiger partial charge in [-0.25, -0.2) is 0 Å². The van der Waals surface area contributed by atoms with Crippen LogP contribution in [0.3, 0.4) is 0 Å². The fraction of sp³-hybridized carbons (Fsp3) is 1.00. The van der Waals surface area contributed by atoms with E-state index < -0.39 is 24.4 Å². The van der Waals surface area contributed by atoms with Gasteiger partial charge in [0.15, 0.2) is 0 Å². The quantitative estimate of drug-likeness (QED) is 0.395. The third-order valence-corrected chi connectivity index (χ3v) is 1.97. The fourth-order valence-electron chi connectivity index (χ4n) is 1.22. The number of hydrogen-bond acceptors (Lipinski definition) is 5. The van der Waals surface area contributed by atoms with Gasteiger partial charge in [0.05, 0.1) is 25.4 Å². The molecule has 1 saturated heterocycles. The predicted octanol–water partition coefficient (Wildman–Crippen LogP) is -2.15. The molecule has 0 amide bonds. The second-order valence-electron chi connectivity index (χ2n) is 3.00. The van der Waals surface area contributed by atoms with Crippen LogP contribution in [0.1, 0.15) is 6.42 Å². The summed E-state index contributed by atoms with van der Waals surface area (Å²) in [7, 11) is 0. The minimum absolute atomic E-state index is 0.0873. The minimum Gasteiger partial charge on any atom is -0.394 e. The Morgan fingerprint density at radius 2 is 2.08 bits per heavy atom. The number of aliphatic hydroxyl groups is 4. The molecule has 0 radical (unpaired) electrons. The van der Waals surface area contributed by atoms with E-state index in [-0.39, 0.29) is 19.6 Å². The fourth-order valence-corrected chi connectivity index (χ4v) is 1.22. The SMILES string of the molecule is OCC(O)CC1OCC(O)C1O. The molecule has 0 aliphatic carbocycles. The molecule has 1 rings (SSSR count). The molecular weight excluding hydrogens is 164 g/mol. The van der Waals surface area contributed by atoms with Crippen LogP contribution in [-0.4, -0.2) is 58.1 Å². The van der Waals surface area contributed by atoms with Crippen LogP contribution in [0.5, 0.6) is 0 Å². The van der Waals surface area contributed by atoms with Gasteiger partial charge in [0.2, 0.25) is 0 Å². The van der Waals surface area contributed by atoms with E-state index in [1.54, 1.807) is 0 Å². The molecule has 0 aromatic carbocycles. The largest absolute Gasteiger partial charge is 0.394 e. The van der Waals surface area contributed by atoms with E-state index in [1.807, 2.05) is 0 Å². The highest BCUT2D eigenvalue weighted by molar-refractivity contribution is 4.84. The maximum Gasteiger partial charge on any atom is 0.108 e. The molecule has 1 fully saturated rings. The molecule has 5 nitrogen and oxygen atoms in total. The van der Waals surface area contributed by atoms with Crippen molar-refractivity contribution in [2.75, 3.05) is 13.2 Å². The molecule has 0 saturated carbocycles. The zero-order chi connectivity index (χ0) is 9.14. The third-order valence-electron chi connectivity index (χ3n) is 1.97. The second-order valence-corrected chi connectivity index (χ2v) is 3.00. The normalized spacial score (nSPS) is 38.5. The molecule has 0 aromatic rings. The summed E-state index contributed by atoms with van der Waals surface area (Å²) in [6.45, 7) is -0.271. The number of hydrogen-bond donors (Lipinski definition) is 4. The standard InChI is InChI=1S/C7H14O5/c8-2-4(9)1-6-7(11)5(10)3-12-6/h4-11H,1-3H2. The molecule has 4 N–H and O–H groups in total. The number of aliphatic hydroxyl groups excluding tert-OH is 4. The molecule has 0 bridgehead atoms. The minimum atomic E-state index is -0.953. The van der Waals surface area contributed by atoms with E-state index in [2.05, 4.69) is 0 Å². The summed E-state index contributed by atoms with van der Waals surface area (Å²) in [5.74, 6) is 0. The van der Waals surface area contributed by atoms with E-state index in [0.29, 0.717) is 0 Å². The van der Waals surface area contributed by atoms with Gasteiger partial charge in [0.1, 0.15) is 12.2 Å². The molecule has 0 spiro atoms. The van der Waals surface area contributed by atoms with Gasteiger partial charge in [-0.1, -0.05) is 0 Å². The molecular formula is C7H14O5. The lowest BCUT2D eigenvalue weighted by Gasteiger charge is -2.16. The van der Waals surface area contributed by atoms with Crippen molar-refractivity contribution in [2.45, 2.75) is 30.8 Å². The summed E-state index contributed by atoms with van der Waals surface area (Å²) in [4.78, 5) is 0. The second kappa shape index (κ2) is 4.15. The zero-order valence-corrected chi connectivity index (χ0v) is 6.63. The van der Waals surface area contributed by atoms with E-state index >= 15 is 0 Å². The molecule has 4 atom stereocenters. The van der Waals surface area contributed by atoms with Crippen LogP contribution in [0.4, 0.5) is 0 Å². The van der Waals surface area contributed by atoms with Crippen LogP contribution in [0.25, 0.3) is 0 Å². The third kappa shape index (κ3) is 2.15. The molecule has 0 aromatic heterocycles. The van der Waals surface area contributed by atoms with Crippen LogP contribution < -0.4 is 0 Å². The highest BCUT2D eigenvalue weighted by Gasteiger charge is 2.35. The summed E-state index contributed by atoms with van der Waals surface area (Å²) in [6, 6.07) is 0. The first-order valence-corrected chi connectivity index (χ1v) is 3.91. The first-order chi connectivity index (χ1) is 5.65. The molecule has 1 aliphatic rings. The Kier molecular flexibility index (Phi) is 3.42. The monoisotopic (exact) mass is 178 g/mol. The Bertz CT molecular complexity index is 140. The van der Waals surface area contributed by atoms with Gasteiger partial charge in [-0.2, -0.15) is 0 Å². The van der Waals surface area contributed by atoms with Crippen LogP contribution in [0.15, 0.2) is 0 Å². The number of rotatable bonds is 3. The van der Waals surface area contributed by atoms with Gasteiger partial charge in [0, 0.05) is 6.42 Å². The van der Waals surface area contributed by atoms with Crippen LogP contribution in [0, 0.1) is 0 Å². The Labute approximate surface area is 70.2 Å². The average Bonchev–Trinajstić information content (AvgIpc) is 2.36. The van der Waals surface area contributed by atoms with Crippen molar-refractivity contribution in [1.29, 1.82) is 0 Å². The molecule has 1 aliphatic heterocycles. The van der Waals surface area contributed by atoms with Crippen molar-refractivity contribution in [3.05, 3.63) is 0 Å². The van der Waals surface area contributed by atoms with Gasteiger partial charge < -0.3 is 25.2 Å². The van der Waals surface area contributed by atoms with Gasteiger partial charge >= 0.3 is 0 Å². The van der Waals surface area contributed by atoms with Gasteiger partial charge in [-0.05, 0) is 0 Å². The lowest BCUT2D eigenvalue weighted by molar-refractivity contribution is -0.0162. The summed E-state index contributed by atoms with van der Waals surface area (Å²) in [5.41, 5.74) is 0. The molecule has 1 heterocycles. The molecule has 72 valence electrons. The van der Waals surface area contributed by atoms with Crippen molar-refractivity contribution in [1.82, 2.24) is 0 Å². The smallest absolute Gasteiger partial charge is 0.108 e. The molecule has 12 heavy (non-hydrogen) atoms. The van der Waals surface area contributed by atoms with Gasteiger partial charge in [-0.15, -0.1) is 0 Å². The van der Waals surface area contributed by atoms with Crippen molar-refractivity contribution in [3.8, 4) is 0 Å². The van der Waals surface area contributed by atoms with Crippen molar-refractivity contribution in [2.24, 2.45) is 0 Å². The maximum absolute atomic E-state index is 9.23. The Morgan fingerprint density at radius 3 is 2.50 bits per heavy atom. The predicted molar refractivity (Wildman–Crippen MR) is 39.5 cm³/mol. The van der Waals surface area contributed by atoms with E-state index in [9.17, 15) is 5.11 Å². The summed E-state index contributed by atoms with van der Waals surface area (Å²) in [5, 5.41) is 35.8. The van der Waals surface area contributed by atoms with Crippen LogP contribution in [-0.2, 0) is 4.74 Å². The summed E-state index contributed by atoms with van der Waals surface area (Å²) >= 11 is 0. The highest BCUT2D eigenvalue weighted by atomic mass is 16.5. The van der Waals surface area contributed by atoms with Crippen molar-refractivity contribution >= 4 is 0 Å². The Hall–Kier alpha value is -0.200. The molecule has 5 heteroatoms. The van der Waals surface area contributed by atoms with Crippen molar-refractivity contribution in [3.63, 3.8) is 0 Å². The first-order valence-electron chi connectivity index (χ1n) is 3.91. The van der Waals surface area contributed by atoms with Crippen LogP contribution in [0.2, 0.25) is 0 Å². The van der Waals surface area contributed by atoms with Crippen molar-refractivity contribution < 1.29 is 25.2 Å². The first kappa shape index (κ1) is 9.88.